The summed E-state index contributed by atoms with van der Waals surface area (Å²) in [6.07, 6.45) is 1.65. The maximum Gasteiger partial charge on any atom is 0.245 e. The molecule has 18 heavy (non-hydrogen) atoms. The molecule has 0 fully saturated rings. The molecule has 1 unspecified atom stereocenters. The molecule has 0 bridgehead atoms. The third kappa shape index (κ3) is 3.00. The van der Waals surface area contributed by atoms with Crippen LogP contribution < -0.4 is 5.73 Å². The lowest BCUT2D eigenvalue weighted by Crippen LogP contribution is -2.35. The Morgan fingerprint density at radius 2 is 2.06 bits per heavy atom. The number of rotatable bonds is 5. The van der Waals surface area contributed by atoms with Gasteiger partial charge >= 0.3 is 0 Å². The van der Waals surface area contributed by atoms with Crippen molar-refractivity contribution in [1.82, 2.24) is 4.31 Å². The molecule has 0 saturated heterocycles. The maximum absolute atomic E-state index is 12.9. The smallest absolute Gasteiger partial charge is 0.245 e. The van der Waals surface area contributed by atoms with Crippen LogP contribution in [0.4, 0.5) is 10.1 Å². The van der Waals surface area contributed by atoms with Gasteiger partial charge in [-0.15, -0.1) is 0 Å². The molecular weight excluding hydrogens is 255 g/mol. The van der Waals surface area contributed by atoms with E-state index in [1.807, 2.05) is 13.8 Å². The van der Waals surface area contributed by atoms with E-state index in [0.29, 0.717) is 0 Å². The minimum Gasteiger partial charge on any atom is -0.398 e. The Labute approximate surface area is 108 Å². The molecule has 0 spiro atoms. The molecule has 1 aromatic carbocycles. The van der Waals surface area contributed by atoms with Crippen LogP contribution in [0, 0.1) is 5.82 Å². The number of anilines is 1. The average Bonchev–Trinajstić information content (AvgIpc) is 2.27. The molecule has 6 heteroatoms. The summed E-state index contributed by atoms with van der Waals surface area (Å²) in [5, 5.41) is 0. The highest BCUT2D eigenvalue weighted by Gasteiger charge is 2.26. The number of sulfonamides is 1. The van der Waals surface area contributed by atoms with Gasteiger partial charge in [0.05, 0.1) is 5.69 Å². The number of hydrogen-bond acceptors (Lipinski definition) is 3. The van der Waals surface area contributed by atoms with Crippen molar-refractivity contribution in [3.8, 4) is 0 Å². The van der Waals surface area contributed by atoms with Gasteiger partial charge in [-0.1, -0.05) is 13.3 Å². The van der Waals surface area contributed by atoms with Crippen molar-refractivity contribution in [1.29, 1.82) is 0 Å². The lowest BCUT2D eigenvalue weighted by molar-refractivity contribution is 0.369. The summed E-state index contributed by atoms with van der Waals surface area (Å²) < 4.78 is 38.8. The van der Waals surface area contributed by atoms with Crippen molar-refractivity contribution in [3.05, 3.63) is 24.0 Å². The van der Waals surface area contributed by atoms with Crippen LogP contribution in [-0.2, 0) is 10.0 Å². The molecule has 1 atom stereocenters. The van der Waals surface area contributed by atoms with Gasteiger partial charge in [0.25, 0.3) is 0 Å². The van der Waals surface area contributed by atoms with Crippen molar-refractivity contribution in [2.24, 2.45) is 0 Å². The summed E-state index contributed by atoms with van der Waals surface area (Å²) in [5.41, 5.74) is 5.51. The quantitative estimate of drug-likeness (QED) is 0.837. The van der Waals surface area contributed by atoms with Gasteiger partial charge < -0.3 is 5.73 Å². The fourth-order valence-electron chi connectivity index (χ4n) is 1.75. The second kappa shape index (κ2) is 5.67. The van der Waals surface area contributed by atoms with Crippen LogP contribution >= 0.6 is 0 Å². The molecule has 0 heterocycles. The molecule has 1 aromatic rings. The summed E-state index contributed by atoms with van der Waals surface area (Å²) in [4.78, 5) is -0.0469. The lowest BCUT2D eigenvalue weighted by atomic mass is 10.2. The normalized spacial score (nSPS) is 13.8. The standard InChI is InChI=1S/C12H19FN2O2S/c1-4-5-9(2)15(3)18(16,17)12-7-6-10(13)8-11(12)14/h6-9H,4-5,14H2,1-3H3. The van der Waals surface area contributed by atoms with Crippen molar-refractivity contribution in [3.63, 3.8) is 0 Å². The van der Waals surface area contributed by atoms with Crippen LogP contribution in [0.5, 0.6) is 0 Å². The molecule has 0 saturated carbocycles. The minimum absolute atomic E-state index is 0.0469. The Morgan fingerprint density at radius 1 is 1.44 bits per heavy atom. The molecule has 2 N–H and O–H groups in total. The second-order valence-corrected chi connectivity index (χ2v) is 6.31. The molecular formula is C12H19FN2O2S. The van der Waals surface area contributed by atoms with Gasteiger partial charge in [-0.05, 0) is 31.5 Å². The molecule has 0 aromatic heterocycles. The van der Waals surface area contributed by atoms with Gasteiger partial charge in [0.15, 0.2) is 0 Å². The Balaban J connectivity index is 3.13. The first-order valence-electron chi connectivity index (χ1n) is 5.83. The second-order valence-electron chi connectivity index (χ2n) is 4.34. The van der Waals surface area contributed by atoms with Crippen molar-refractivity contribution in [2.45, 2.75) is 37.6 Å². The number of halogens is 1. The third-order valence-corrected chi connectivity index (χ3v) is 5.00. The maximum atomic E-state index is 12.9. The molecule has 0 aliphatic heterocycles. The van der Waals surface area contributed by atoms with E-state index in [1.54, 1.807) is 0 Å². The van der Waals surface area contributed by atoms with E-state index < -0.39 is 15.8 Å². The molecule has 1 rings (SSSR count). The van der Waals surface area contributed by atoms with Crippen molar-refractivity contribution >= 4 is 15.7 Å². The van der Waals surface area contributed by atoms with Crippen LogP contribution in [-0.4, -0.2) is 25.8 Å². The SMILES string of the molecule is CCCC(C)N(C)S(=O)(=O)c1ccc(F)cc1N. The van der Waals surface area contributed by atoms with E-state index in [4.69, 9.17) is 5.73 Å². The fourth-order valence-corrected chi connectivity index (χ4v) is 3.23. The summed E-state index contributed by atoms with van der Waals surface area (Å²) >= 11 is 0. The Morgan fingerprint density at radius 3 is 2.56 bits per heavy atom. The molecule has 102 valence electrons. The van der Waals surface area contributed by atoms with E-state index in [1.165, 1.54) is 17.4 Å². The van der Waals surface area contributed by atoms with Crippen LogP contribution in [0.2, 0.25) is 0 Å². The van der Waals surface area contributed by atoms with Gasteiger partial charge in [-0.2, -0.15) is 4.31 Å². The Hall–Kier alpha value is -1.14. The number of nitrogen functional groups attached to an aromatic ring is 1. The zero-order valence-corrected chi connectivity index (χ0v) is 11.7. The molecule has 0 aliphatic carbocycles. The highest BCUT2D eigenvalue weighted by Crippen LogP contribution is 2.24. The largest absolute Gasteiger partial charge is 0.398 e. The highest BCUT2D eigenvalue weighted by molar-refractivity contribution is 7.89. The van der Waals surface area contributed by atoms with E-state index in [2.05, 4.69) is 0 Å². The topological polar surface area (TPSA) is 63.4 Å². The zero-order chi connectivity index (χ0) is 13.9. The van der Waals surface area contributed by atoms with Crippen LogP contribution in [0.3, 0.4) is 0 Å². The van der Waals surface area contributed by atoms with E-state index in [-0.39, 0.29) is 16.6 Å². The Kier molecular flexibility index (Phi) is 4.70. The van der Waals surface area contributed by atoms with Gasteiger partial charge in [-0.25, -0.2) is 12.8 Å². The zero-order valence-electron chi connectivity index (χ0n) is 10.9. The first-order chi connectivity index (χ1) is 8.30. The van der Waals surface area contributed by atoms with Gasteiger partial charge in [0.1, 0.15) is 10.7 Å². The predicted octanol–water partition coefficient (Wildman–Crippen LogP) is 2.22. The Bertz CT molecular complexity index is 517. The van der Waals surface area contributed by atoms with E-state index in [9.17, 15) is 12.8 Å². The number of nitrogens with zero attached hydrogens (tertiary/aromatic N) is 1. The van der Waals surface area contributed by atoms with Gasteiger partial charge in [0, 0.05) is 13.1 Å². The number of hydrogen-bond donors (Lipinski definition) is 1. The molecule has 0 aliphatic rings. The molecule has 0 radical (unpaired) electrons. The third-order valence-electron chi connectivity index (χ3n) is 2.96. The fraction of sp³-hybridized carbons (Fsp3) is 0.500. The first kappa shape index (κ1) is 14.9. The van der Waals surface area contributed by atoms with Crippen molar-refractivity contribution in [2.75, 3.05) is 12.8 Å². The summed E-state index contributed by atoms with van der Waals surface area (Å²) in [7, 11) is -2.15. The van der Waals surface area contributed by atoms with E-state index >= 15 is 0 Å². The number of benzene rings is 1. The number of nitrogens with two attached hydrogens (primary N) is 1. The van der Waals surface area contributed by atoms with Crippen molar-refractivity contribution < 1.29 is 12.8 Å². The molecule has 4 nitrogen and oxygen atoms in total. The van der Waals surface area contributed by atoms with Gasteiger partial charge in [0.2, 0.25) is 10.0 Å². The summed E-state index contributed by atoms with van der Waals surface area (Å²) in [6, 6.07) is 3.20. The average molecular weight is 274 g/mol. The summed E-state index contributed by atoms with van der Waals surface area (Å²) in [5.74, 6) is -0.546. The van der Waals surface area contributed by atoms with Crippen LogP contribution in [0.25, 0.3) is 0 Å². The van der Waals surface area contributed by atoms with Gasteiger partial charge in [-0.3, -0.25) is 0 Å². The highest BCUT2D eigenvalue weighted by atomic mass is 32.2. The predicted molar refractivity (Wildman–Crippen MR) is 70.1 cm³/mol. The minimum atomic E-state index is -3.67. The first-order valence-corrected chi connectivity index (χ1v) is 7.27. The van der Waals surface area contributed by atoms with E-state index in [0.717, 1.165) is 25.0 Å². The molecule has 0 amide bonds. The summed E-state index contributed by atoms with van der Waals surface area (Å²) in [6.45, 7) is 3.82. The van der Waals surface area contributed by atoms with Crippen LogP contribution in [0.1, 0.15) is 26.7 Å². The van der Waals surface area contributed by atoms with Crippen LogP contribution in [0.15, 0.2) is 23.1 Å². The lowest BCUT2D eigenvalue weighted by Gasteiger charge is -2.24. The monoisotopic (exact) mass is 274 g/mol.